The van der Waals surface area contributed by atoms with Gasteiger partial charge >= 0.3 is 5.97 Å². The zero-order chi connectivity index (χ0) is 18.6. The summed E-state index contributed by atoms with van der Waals surface area (Å²) in [5, 5.41) is 6.61. The van der Waals surface area contributed by atoms with E-state index in [-0.39, 0.29) is 11.8 Å². The zero-order valence-electron chi connectivity index (χ0n) is 15.2. The van der Waals surface area contributed by atoms with Gasteiger partial charge in [0.1, 0.15) is 23.6 Å². The lowest BCUT2D eigenvalue weighted by atomic mass is 10.0. The predicted molar refractivity (Wildman–Crippen MR) is 93.0 cm³/mol. The van der Waals surface area contributed by atoms with Crippen LogP contribution in [0.15, 0.2) is 34.9 Å². The molecule has 0 unspecified atom stereocenters. The van der Waals surface area contributed by atoms with E-state index in [4.69, 9.17) is 9.26 Å². The summed E-state index contributed by atoms with van der Waals surface area (Å²) in [6.07, 6.45) is -0.553. The van der Waals surface area contributed by atoms with E-state index in [1.54, 1.807) is 32.0 Å². The van der Waals surface area contributed by atoms with Crippen molar-refractivity contribution in [1.82, 2.24) is 10.5 Å². The Morgan fingerprint density at radius 2 is 1.76 bits per heavy atom. The minimum Gasteiger partial charge on any atom is -0.454 e. The van der Waals surface area contributed by atoms with Gasteiger partial charge in [-0.1, -0.05) is 36.7 Å². The van der Waals surface area contributed by atoms with Crippen molar-refractivity contribution in [1.29, 1.82) is 0 Å². The molecule has 2 atom stereocenters. The number of aromatic nitrogens is 1. The lowest BCUT2D eigenvalue weighted by Crippen LogP contribution is -2.45. The summed E-state index contributed by atoms with van der Waals surface area (Å²) in [7, 11) is 0. The van der Waals surface area contributed by atoms with Crippen LogP contribution in [0.5, 0.6) is 0 Å². The van der Waals surface area contributed by atoms with Crippen molar-refractivity contribution < 1.29 is 18.8 Å². The highest BCUT2D eigenvalue weighted by molar-refractivity contribution is 5.96. The Hall–Kier alpha value is -2.63. The number of benzene rings is 1. The summed E-state index contributed by atoms with van der Waals surface area (Å²) in [5.41, 5.74) is 2.11. The van der Waals surface area contributed by atoms with Crippen molar-refractivity contribution in [3.8, 4) is 0 Å². The van der Waals surface area contributed by atoms with Crippen LogP contribution in [0.3, 0.4) is 0 Å². The van der Waals surface area contributed by atoms with E-state index in [0.29, 0.717) is 17.0 Å². The number of esters is 1. The fourth-order valence-corrected chi connectivity index (χ4v) is 2.31. The molecule has 0 fully saturated rings. The van der Waals surface area contributed by atoms with Crippen molar-refractivity contribution in [2.75, 3.05) is 0 Å². The molecule has 1 aromatic heterocycles. The van der Waals surface area contributed by atoms with Gasteiger partial charge in [0.25, 0.3) is 5.91 Å². The van der Waals surface area contributed by atoms with E-state index in [0.717, 1.165) is 5.56 Å². The average molecular weight is 344 g/mol. The van der Waals surface area contributed by atoms with Crippen LogP contribution in [0.2, 0.25) is 0 Å². The fourth-order valence-electron chi connectivity index (χ4n) is 2.31. The molecule has 25 heavy (non-hydrogen) atoms. The smallest absolute Gasteiger partial charge is 0.329 e. The minimum absolute atomic E-state index is 0.117. The Bertz CT molecular complexity index is 734. The molecule has 0 aliphatic carbocycles. The largest absolute Gasteiger partial charge is 0.454 e. The third-order valence-corrected chi connectivity index (χ3v) is 3.88. The van der Waals surface area contributed by atoms with Gasteiger partial charge in [-0.2, -0.15) is 0 Å². The summed E-state index contributed by atoms with van der Waals surface area (Å²) in [6, 6.07) is 8.14. The molecule has 6 nitrogen and oxygen atoms in total. The fraction of sp³-hybridized carbons (Fsp3) is 0.421. The molecule has 1 amide bonds. The third kappa shape index (κ3) is 4.92. The second-order valence-electron chi connectivity index (χ2n) is 6.50. The molecule has 0 spiro atoms. The second-order valence-corrected chi connectivity index (χ2v) is 6.50. The topological polar surface area (TPSA) is 81.4 Å². The summed E-state index contributed by atoms with van der Waals surface area (Å²) in [5.74, 6) is -0.275. The van der Waals surface area contributed by atoms with Crippen LogP contribution in [0.1, 0.15) is 54.3 Å². The molecule has 1 aromatic carbocycles. The molecule has 0 radical (unpaired) electrons. The first-order chi connectivity index (χ1) is 11.8. The predicted octanol–water partition coefficient (Wildman–Crippen LogP) is 3.35. The van der Waals surface area contributed by atoms with Crippen LogP contribution < -0.4 is 5.32 Å². The van der Waals surface area contributed by atoms with Crippen LogP contribution in [-0.4, -0.2) is 23.1 Å². The highest BCUT2D eigenvalue weighted by Gasteiger charge is 2.28. The van der Waals surface area contributed by atoms with Gasteiger partial charge in [-0.25, -0.2) is 4.79 Å². The van der Waals surface area contributed by atoms with Crippen molar-refractivity contribution >= 4 is 11.9 Å². The molecule has 6 heteroatoms. The van der Waals surface area contributed by atoms with Gasteiger partial charge in [0, 0.05) is 11.6 Å². The molecule has 0 aliphatic rings. The molecule has 2 rings (SSSR count). The highest BCUT2D eigenvalue weighted by atomic mass is 16.5. The quantitative estimate of drug-likeness (QED) is 0.813. The summed E-state index contributed by atoms with van der Waals surface area (Å²) >= 11 is 0. The number of nitrogens with one attached hydrogen (secondary N) is 1. The van der Waals surface area contributed by atoms with E-state index in [9.17, 15) is 9.59 Å². The first-order valence-corrected chi connectivity index (χ1v) is 8.29. The lowest BCUT2D eigenvalue weighted by molar-refractivity contribution is -0.152. The van der Waals surface area contributed by atoms with E-state index < -0.39 is 18.1 Å². The third-order valence-electron chi connectivity index (χ3n) is 3.88. The number of ether oxygens (including phenoxy) is 1. The maximum atomic E-state index is 12.5. The number of hydrogen-bond acceptors (Lipinski definition) is 5. The van der Waals surface area contributed by atoms with Crippen LogP contribution in [-0.2, 0) is 9.53 Å². The summed E-state index contributed by atoms with van der Waals surface area (Å²) in [6.45, 7) is 9.14. The number of carbonyl (C=O) groups excluding carboxylic acids is 2. The highest BCUT2D eigenvalue weighted by Crippen LogP contribution is 2.18. The van der Waals surface area contributed by atoms with Gasteiger partial charge < -0.3 is 14.6 Å². The van der Waals surface area contributed by atoms with Crippen molar-refractivity contribution in [3.63, 3.8) is 0 Å². The number of aryl methyl sites for hydroxylation is 2. The van der Waals surface area contributed by atoms with Gasteiger partial charge in [0.15, 0.2) is 0 Å². The van der Waals surface area contributed by atoms with Gasteiger partial charge in [0.2, 0.25) is 0 Å². The molecule has 134 valence electrons. The van der Waals surface area contributed by atoms with Crippen LogP contribution in [0.4, 0.5) is 0 Å². The van der Waals surface area contributed by atoms with Gasteiger partial charge in [0.05, 0.1) is 0 Å². The van der Waals surface area contributed by atoms with E-state index in [1.807, 2.05) is 32.9 Å². The van der Waals surface area contributed by atoms with Gasteiger partial charge in [-0.3, -0.25) is 4.79 Å². The Labute approximate surface area is 147 Å². The van der Waals surface area contributed by atoms with Crippen molar-refractivity contribution in [2.24, 2.45) is 5.92 Å². The molecular weight excluding hydrogens is 320 g/mol. The molecule has 1 heterocycles. The number of nitrogens with zero attached hydrogens (tertiary/aromatic N) is 1. The van der Waals surface area contributed by atoms with Crippen LogP contribution in [0, 0.1) is 19.8 Å². The summed E-state index contributed by atoms with van der Waals surface area (Å²) in [4.78, 5) is 24.9. The van der Waals surface area contributed by atoms with E-state index in [1.165, 1.54) is 0 Å². The average Bonchev–Trinajstić information content (AvgIpc) is 2.99. The molecule has 0 bridgehead atoms. The van der Waals surface area contributed by atoms with Gasteiger partial charge in [-0.05, 0) is 38.8 Å². The SMILES string of the molecule is Cc1ccc(C(=O)N[C@@H](C(=O)O[C@@H](C)c2cc(C)on2)C(C)C)cc1. The maximum absolute atomic E-state index is 12.5. The van der Waals surface area contributed by atoms with E-state index in [2.05, 4.69) is 10.5 Å². The summed E-state index contributed by atoms with van der Waals surface area (Å²) < 4.78 is 10.4. The minimum atomic E-state index is -0.746. The Balaban J connectivity index is 2.05. The Morgan fingerprint density at radius 1 is 1.12 bits per heavy atom. The Morgan fingerprint density at radius 3 is 2.28 bits per heavy atom. The number of rotatable bonds is 6. The molecule has 1 N–H and O–H groups in total. The van der Waals surface area contributed by atoms with Crippen LogP contribution >= 0.6 is 0 Å². The van der Waals surface area contributed by atoms with Crippen molar-refractivity contribution in [2.45, 2.75) is 46.8 Å². The number of amides is 1. The molecule has 2 aromatic rings. The number of carbonyl (C=O) groups is 2. The normalized spacial score (nSPS) is 13.4. The molecular formula is C19H24N2O4. The monoisotopic (exact) mass is 344 g/mol. The Kier molecular flexibility index (Phi) is 5.96. The van der Waals surface area contributed by atoms with Crippen LogP contribution in [0.25, 0.3) is 0 Å². The second kappa shape index (κ2) is 7.96. The first kappa shape index (κ1) is 18.7. The molecule has 0 saturated heterocycles. The first-order valence-electron chi connectivity index (χ1n) is 8.29. The molecule has 0 aliphatic heterocycles. The van der Waals surface area contributed by atoms with Gasteiger partial charge in [-0.15, -0.1) is 0 Å². The maximum Gasteiger partial charge on any atom is 0.329 e. The zero-order valence-corrected chi connectivity index (χ0v) is 15.2. The molecule has 0 saturated carbocycles. The van der Waals surface area contributed by atoms with E-state index >= 15 is 0 Å². The lowest BCUT2D eigenvalue weighted by Gasteiger charge is -2.22. The standard InChI is InChI=1S/C19H24N2O4/c1-11(2)17(20-18(22)15-8-6-12(3)7-9-15)19(23)24-14(5)16-10-13(4)25-21-16/h6-11,14,17H,1-5H3,(H,20,22)/t14-,17+/m0/s1. The van der Waals surface area contributed by atoms with Crippen molar-refractivity contribution in [3.05, 3.63) is 52.9 Å². The number of hydrogen-bond donors (Lipinski definition) is 1.